The van der Waals surface area contributed by atoms with Crippen LogP contribution in [0.5, 0.6) is 0 Å². The number of benzene rings is 2. The summed E-state index contributed by atoms with van der Waals surface area (Å²) in [6, 6.07) is 22.3. The summed E-state index contributed by atoms with van der Waals surface area (Å²) in [4.78, 5) is 2.58. The lowest BCUT2D eigenvalue weighted by Gasteiger charge is -2.36. The van der Waals surface area contributed by atoms with Gasteiger partial charge in [0.05, 0.1) is 12.2 Å². The number of aliphatic hydroxyl groups is 2. The summed E-state index contributed by atoms with van der Waals surface area (Å²) in [5, 5.41) is 18.7. The first kappa shape index (κ1) is 23.0. The molecule has 0 saturated heterocycles. The molecular weight excluding hydrogens is 372 g/mol. The topological polar surface area (TPSA) is 69.7 Å². The van der Waals surface area contributed by atoms with Gasteiger partial charge in [0, 0.05) is 25.2 Å². The van der Waals surface area contributed by atoms with E-state index in [2.05, 4.69) is 65.6 Å². The normalized spacial score (nSPS) is 26.7. The SMILES string of the molecule is N[C@H]1CC[C@H](O)CC1.O[C@H]1CC[C@H](N(Cc2ccccc2)Cc2ccccc2)CC1. The van der Waals surface area contributed by atoms with E-state index in [1.54, 1.807) is 0 Å². The molecule has 0 unspecified atom stereocenters. The van der Waals surface area contributed by atoms with E-state index in [1.165, 1.54) is 11.1 Å². The van der Waals surface area contributed by atoms with Gasteiger partial charge in [-0.1, -0.05) is 60.7 Å². The van der Waals surface area contributed by atoms with Gasteiger partial charge in [-0.2, -0.15) is 0 Å². The van der Waals surface area contributed by atoms with Crippen LogP contribution in [0.2, 0.25) is 0 Å². The summed E-state index contributed by atoms with van der Waals surface area (Å²) < 4.78 is 0. The molecule has 2 aromatic carbocycles. The molecule has 2 saturated carbocycles. The Morgan fingerprint density at radius 1 is 0.633 bits per heavy atom. The molecule has 2 aliphatic carbocycles. The van der Waals surface area contributed by atoms with Gasteiger partial charge in [0.25, 0.3) is 0 Å². The smallest absolute Gasteiger partial charge is 0.0541 e. The van der Waals surface area contributed by atoms with Crippen LogP contribution in [0.3, 0.4) is 0 Å². The Bertz CT molecular complexity index is 642. The van der Waals surface area contributed by atoms with Crippen LogP contribution in [0, 0.1) is 0 Å². The van der Waals surface area contributed by atoms with Crippen LogP contribution in [-0.2, 0) is 13.1 Å². The van der Waals surface area contributed by atoms with Gasteiger partial charge in [0.15, 0.2) is 0 Å². The molecule has 0 radical (unpaired) electrons. The minimum absolute atomic E-state index is 0.0604. The van der Waals surface area contributed by atoms with Crippen molar-refractivity contribution in [2.24, 2.45) is 5.73 Å². The van der Waals surface area contributed by atoms with Crippen LogP contribution < -0.4 is 5.73 Å². The Kier molecular flexibility index (Phi) is 9.34. The number of rotatable bonds is 5. The fourth-order valence-electron chi connectivity index (χ4n) is 4.47. The van der Waals surface area contributed by atoms with Gasteiger partial charge >= 0.3 is 0 Å². The predicted molar refractivity (Wildman–Crippen MR) is 123 cm³/mol. The second-order valence-corrected chi connectivity index (χ2v) is 8.91. The molecule has 4 heteroatoms. The van der Waals surface area contributed by atoms with Crippen LogP contribution in [0.25, 0.3) is 0 Å². The van der Waals surface area contributed by atoms with Gasteiger partial charge in [-0.05, 0) is 62.5 Å². The summed E-state index contributed by atoms with van der Waals surface area (Å²) in [7, 11) is 0. The van der Waals surface area contributed by atoms with Crippen molar-refractivity contribution in [1.82, 2.24) is 4.90 Å². The maximum absolute atomic E-state index is 9.77. The van der Waals surface area contributed by atoms with Crippen LogP contribution in [0.15, 0.2) is 60.7 Å². The van der Waals surface area contributed by atoms with E-state index < -0.39 is 0 Å². The van der Waals surface area contributed by atoms with Crippen molar-refractivity contribution in [3.63, 3.8) is 0 Å². The highest BCUT2D eigenvalue weighted by Gasteiger charge is 2.25. The van der Waals surface area contributed by atoms with Crippen molar-refractivity contribution in [1.29, 1.82) is 0 Å². The van der Waals surface area contributed by atoms with Crippen molar-refractivity contribution in [2.45, 2.75) is 88.7 Å². The molecule has 0 spiro atoms. The zero-order valence-electron chi connectivity index (χ0n) is 18.1. The molecule has 30 heavy (non-hydrogen) atoms. The molecule has 0 aliphatic heterocycles. The summed E-state index contributed by atoms with van der Waals surface area (Å²) in [6.07, 6.45) is 7.73. The average molecular weight is 411 g/mol. The van der Waals surface area contributed by atoms with Crippen LogP contribution in [0.1, 0.15) is 62.5 Å². The number of aliphatic hydroxyl groups excluding tert-OH is 2. The van der Waals surface area contributed by atoms with Gasteiger partial charge in [-0.15, -0.1) is 0 Å². The first-order valence-electron chi connectivity index (χ1n) is 11.5. The second kappa shape index (κ2) is 12.2. The summed E-state index contributed by atoms with van der Waals surface area (Å²) in [5.74, 6) is 0. The molecule has 4 rings (SSSR count). The maximum atomic E-state index is 9.77. The molecule has 2 fully saturated rings. The van der Waals surface area contributed by atoms with E-state index in [0.717, 1.165) is 64.5 Å². The lowest BCUT2D eigenvalue weighted by atomic mass is 9.91. The summed E-state index contributed by atoms with van der Waals surface area (Å²) >= 11 is 0. The van der Waals surface area contributed by atoms with E-state index in [-0.39, 0.29) is 12.2 Å². The number of nitrogens with zero attached hydrogens (tertiary/aromatic N) is 1. The van der Waals surface area contributed by atoms with Gasteiger partial charge in [-0.25, -0.2) is 0 Å². The average Bonchev–Trinajstić information content (AvgIpc) is 2.78. The quantitative estimate of drug-likeness (QED) is 0.689. The number of hydrogen-bond acceptors (Lipinski definition) is 4. The third kappa shape index (κ3) is 7.84. The number of nitrogens with two attached hydrogens (primary N) is 1. The fraction of sp³-hybridized carbons (Fsp3) is 0.538. The van der Waals surface area contributed by atoms with Crippen LogP contribution >= 0.6 is 0 Å². The second-order valence-electron chi connectivity index (χ2n) is 8.91. The Hall–Kier alpha value is -1.72. The predicted octanol–water partition coefficient (Wildman–Crippen LogP) is 4.24. The lowest BCUT2D eigenvalue weighted by Crippen LogP contribution is -2.38. The first-order valence-corrected chi connectivity index (χ1v) is 11.5. The van der Waals surface area contributed by atoms with Crippen molar-refractivity contribution < 1.29 is 10.2 Å². The first-order chi connectivity index (χ1) is 14.6. The van der Waals surface area contributed by atoms with E-state index >= 15 is 0 Å². The van der Waals surface area contributed by atoms with Crippen molar-refractivity contribution in [3.8, 4) is 0 Å². The minimum atomic E-state index is -0.0912. The molecular formula is C26H38N2O2. The van der Waals surface area contributed by atoms with E-state index in [4.69, 9.17) is 10.8 Å². The zero-order chi connectivity index (χ0) is 21.2. The zero-order valence-corrected chi connectivity index (χ0v) is 18.1. The number of hydrogen-bond donors (Lipinski definition) is 3. The molecule has 0 heterocycles. The van der Waals surface area contributed by atoms with Gasteiger partial charge in [-0.3, -0.25) is 4.90 Å². The third-order valence-electron chi connectivity index (χ3n) is 6.38. The molecule has 0 aromatic heterocycles. The van der Waals surface area contributed by atoms with Crippen LogP contribution in [0.4, 0.5) is 0 Å². The van der Waals surface area contributed by atoms with Crippen LogP contribution in [-0.4, -0.2) is 39.4 Å². The monoisotopic (exact) mass is 410 g/mol. The molecule has 0 atom stereocenters. The van der Waals surface area contributed by atoms with Crippen molar-refractivity contribution in [2.75, 3.05) is 0 Å². The highest BCUT2D eigenvalue weighted by molar-refractivity contribution is 5.17. The van der Waals surface area contributed by atoms with Crippen molar-refractivity contribution in [3.05, 3.63) is 71.8 Å². The van der Waals surface area contributed by atoms with E-state index in [0.29, 0.717) is 12.1 Å². The largest absolute Gasteiger partial charge is 0.393 e. The molecule has 2 aromatic rings. The molecule has 0 bridgehead atoms. The Morgan fingerprint density at radius 2 is 1.03 bits per heavy atom. The highest BCUT2D eigenvalue weighted by atomic mass is 16.3. The Morgan fingerprint density at radius 3 is 1.43 bits per heavy atom. The molecule has 4 N–H and O–H groups in total. The molecule has 0 amide bonds. The standard InChI is InChI=1S/C20H25NO.C6H13NO/c22-20-13-11-19(12-14-20)21(15-17-7-3-1-4-8-17)16-18-9-5-2-6-10-18;7-5-1-3-6(8)4-2-5/h1-10,19-20,22H,11-16H2;5-6,8H,1-4,7H2/t19-,20-;5-,6-. The molecule has 2 aliphatic rings. The summed E-state index contributed by atoms with van der Waals surface area (Å²) in [5.41, 5.74) is 8.32. The van der Waals surface area contributed by atoms with E-state index in [1.807, 2.05) is 0 Å². The van der Waals surface area contributed by atoms with Gasteiger partial charge in [0.1, 0.15) is 0 Å². The third-order valence-corrected chi connectivity index (χ3v) is 6.38. The lowest BCUT2D eigenvalue weighted by molar-refractivity contribution is 0.0666. The van der Waals surface area contributed by atoms with E-state index in [9.17, 15) is 5.11 Å². The molecule has 4 nitrogen and oxygen atoms in total. The molecule has 164 valence electrons. The fourth-order valence-corrected chi connectivity index (χ4v) is 4.47. The van der Waals surface area contributed by atoms with Crippen molar-refractivity contribution >= 4 is 0 Å². The Balaban J connectivity index is 0.000000269. The minimum Gasteiger partial charge on any atom is -0.393 e. The summed E-state index contributed by atoms with van der Waals surface area (Å²) in [6.45, 7) is 1.97. The Labute approximate surface area is 181 Å². The van der Waals surface area contributed by atoms with Gasteiger partial charge < -0.3 is 15.9 Å². The van der Waals surface area contributed by atoms with Gasteiger partial charge in [0.2, 0.25) is 0 Å². The highest BCUT2D eigenvalue weighted by Crippen LogP contribution is 2.26. The maximum Gasteiger partial charge on any atom is 0.0541 e.